The smallest absolute Gasteiger partial charge is 0.362 e. The highest BCUT2D eigenvalue weighted by atomic mass is 35.7. The predicted octanol–water partition coefficient (Wildman–Crippen LogP) is 3.60. The Hall–Kier alpha value is -4.30. The summed E-state index contributed by atoms with van der Waals surface area (Å²) in [4.78, 5) is 0. The third-order valence-corrected chi connectivity index (χ3v) is 5.84. The Bertz CT molecular complexity index is 1620. The van der Waals surface area contributed by atoms with Gasteiger partial charge in [-0.15, -0.1) is 10.2 Å². The first-order valence-electron chi connectivity index (χ1n) is 11.6. The van der Waals surface area contributed by atoms with Crippen molar-refractivity contribution in [3.05, 3.63) is 138 Å². The molecule has 5 aromatic rings. The van der Waals surface area contributed by atoms with E-state index in [-0.39, 0.29) is 0 Å². The molecule has 1 aliphatic heterocycles. The fourth-order valence-electron chi connectivity index (χ4n) is 4.21. The van der Waals surface area contributed by atoms with E-state index < -0.39 is 10.2 Å². The van der Waals surface area contributed by atoms with E-state index in [0.717, 1.165) is 56.1 Å². The molecule has 0 atom stereocenters. The fourth-order valence-corrected chi connectivity index (χ4v) is 4.21. The lowest BCUT2D eigenvalue weighted by molar-refractivity contribution is -2.00. The molecule has 0 fully saturated rings. The third-order valence-electron chi connectivity index (χ3n) is 5.84. The van der Waals surface area contributed by atoms with Gasteiger partial charge in [-0.25, -0.2) is 23.1 Å². The molecule has 38 heavy (non-hydrogen) atoms. The van der Waals surface area contributed by atoms with Crippen LogP contribution in [0.4, 0.5) is 0 Å². The second kappa shape index (κ2) is 11.0. The van der Waals surface area contributed by atoms with Crippen molar-refractivity contribution in [2.45, 2.75) is 0 Å². The summed E-state index contributed by atoms with van der Waals surface area (Å²) < 4.78 is 46.7. The van der Waals surface area contributed by atoms with Gasteiger partial charge < -0.3 is 4.74 Å². The molecule has 0 radical (unpaired) electrons. The monoisotopic (exact) mass is 524 g/mol. The van der Waals surface area contributed by atoms with Crippen LogP contribution in [-0.4, -0.2) is 0 Å². The van der Waals surface area contributed by atoms with E-state index in [9.17, 15) is 0 Å². The summed E-state index contributed by atoms with van der Waals surface area (Å²) in [6, 6.07) is 39.0. The van der Waals surface area contributed by atoms with Crippen molar-refractivity contribution in [3.8, 4) is 16.9 Å². The van der Waals surface area contributed by atoms with Crippen LogP contribution in [0.25, 0.3) is 39.5 Å². The number of hydrogen-bond acceptors (Lipinski definition) is 5. The van der Waals surface area contributed by atoms with Crippen molar-refractivity contribution in [2.75, 3.05) is 0 Å². The highest BCUT2D eigenvalue weighted by Crippen LogP contribution is 2.39. The van der Waals surface area contributed by atoms with Crippen LogP contribution in [0.2, 0.25) is 0 Å². The van der Waals surface area contributed by atoms with Crippen molar-refractivity contribution in [1.29, 1.82) is 0 Å². The molecule has 0 N–H and O–H groups in total. The van der Waals surface area contributed by atoms with Crippen molar-refractivity contribution in [1.82, 2.24) is 0 Å². The molecule has 0 unspecified atom stereocenters. The van der Waals surface area contributed by atoms with Gasteiger partial charge in [0.05, 0.1) is 17.0 Å². The molecule has 6 nitrogen and oxygen atoms in total. The second-order valence-corrected chi connectivity index (χ2v) is 9.13. The maximum Gasteiger partial charge on any atom is 0.362 e. The van der Waals surface area contributed by atoms with E-state index >= 15 is 0 Å². The minimum atomic E-state index is -4.94. The maximum atomic E-state index is 8.49. The number of benzene rings is 4. The third kappa shape index (κ3) is 6.15. The summed E-state index contributed by atoms with van der Waals surface area (Å²) in [6.07, 6.45) is 4.22. The molecule has 6 rings (SSSR count). The van der Waals surface area contributed by atoms with Crippen LogP contribution >= 0.6 is 0 Å². The molecule has 7 heteroatoms. The molecule has 188 valence electrons. The lowest BCUT2D eigenvalue weighted by atomic mass is 9.96. The molecular formula is C31H21ClO6. The molecule has 1 aromatic heterocycles. The molecule has 2 heterocycles. The van der Waals surface area contributed by atoms with Crippen molar-refractivity contribution >= 4 is 28.4 Å². The van der Waals surface area contributed by atoms with E-state index in [0.29, 0.717) is 0 Å². The van der Waals surface area contributed by atoms with Crippen molar-refractivity contribution in [3.63, 3.8) is 0 Å². The van der Waals surface area contributed by atoms with Crippen LogP contribution < -0.4 is 23.4 Å². The Morgan fingerprint density at radius 1 is 0.632 bits per heavy atom. The number of hydrogen-bond donors (Lipinski definition) is 0. The van der Waals surface area contributed by atoms with E-state index in [1.54, 1.807) is 0 Å². The second-order valence-electron chi connectivity index (χ2n) is 8.38. The number of para-hydroxylation sites is 2. The number of rotatable bonds is 3. The molecule has 4 aromatic carbocycles. The zero-order valence-electron chi connectivity index (χ0n) is 20.0. The minimum absolute atomic E-state index is 0.815. The van der Waals surface area contributed by atoms with E-state index in [1.165, 1.54) is 0 Å². The quantitative estimate of drug-likeness (QED) is 0.333. The van der Waals surface area contributed by atoms with Gasteiger partial charge in [0.15, 0.2) is 0 Å². The highest BCUT2D eigenvalue weighted by Gasteiger charge is 2.23. The van der Waals surface area contributed by atoms with Crippen molar-refractivity contribution in [2.24, 2.45) is 0 Å². The first kappa shape index (κ1) is 25.4. The molecule has 0 amide bonds. The molecule has 0 saturated heterocycles. The van der Waals surface area contributed by atoms with Gasteiger partial charge in [0.1, 0.15) is 11.5 Å². The zero-order chi connectivity index (χ0) is 26.5. The summed E-state index contributed by atoms with van der Waals surface area (Å²) in [5.74, 6) is 2.48. The van der Waals surface area contributed by atoms with Crippen LogP contribution in [0, 0.1) is 10.2 Å². The van der Waals surface area contributed by atoms with Crippen LogP contribution in [0.3, 0.4) is 0 Å². The lowest BCUT2D eigenvalue weighted by Crippen LogP contribution is -2.68. The van der Waals surface area contributed by atoms with Gasteiger partial charge in [0.25, 0.3) is 0 Å². The normalized spacial score (nSPS) is 13.7. The van der Waals surface area contributed by atoms with Gasteiger partial charge in [-0.3, -0.25) is 0 Å². The minimum Gasteiger partial charge on any atom is -0.456 e. The summed E-state index contributed by atoms with van der Waals surface area (Å²) in [5.41, 5.74) is 6.16. The Balaban J connectivity index is 0.000000540. The van der Waals surface area contributed by atoms with Crippen molar-refractivity contribution < 1.29 is 38.0 Å². The van der Waals surface area contributed by atoms with Gasteiger partial charge in [-0.2, -0.15) is 0 Å². The molecule has 1 aliphatic rings. The van der Waals surface area contributed by atoms with E-state index in [4.69, 9.17) is 27.8 Å². The van der Waals surface area contributed by atoms with Gasteiger partial charge in [0.2, 0.25) is 0 Å². The lowest BCUT2D eigenvalue weighted by Gasteiger charge is -2.20. The predicted molar refractivity (Wildman–Crippen MR) is 135 cm³/mol. The van der Waals surface area contributed by atoms with E-state index in [2.05, 4.69) is 66.7 Å². The van der Waals surface area contributed by atoms with E-state index in [1.807, 2.05) is 60.7 Å². The van der Waals surface area contributed by atoms with Gasteiger partial charge in [-0.05, 0) is 35.4 Å². The topological polar surface area (TPSA) is 113 Å². The Kier molecular flexibility index (Phi) is 7.33. The summed E-state index contributed by atoms with van der Waals surface area (Å²) in [7, 11) is -4.94. The van der Waals surface area contributed by atoms with Gasteiger partial charge in [0, 0.05) is 17.2 Å². The van der Waals surface area contributed by atoms with Gasteiger partial charge >= 0.3 is 11.3 Å². The molecule has 0 aliphatic carbocycles. The Labute approximate surface area is 221 Å². The number of fused-ring (bicyclic) bond motifs is 2. The van der Waals surface area contributed by atoms with Crippen LogP contribution in [0.15, 0.2) is 126 Å². The molecule has 0 saturated carbocycles. The van der Waals surface area contributed by atoms with Crippen LogP contribution in [0.1, 0.15) is 16.9 Å². The molecular weight excluding hydrogens is 504 g/mol. The summed E-state index contributed by atoms with van der Waals surface area (Å²) in [6.45, 7) is 0. The number of halogens is 1. The first-order chi connectivity index (χ1) is 18.3. The maximum absolute atomic E-state index is 8.49. The molecule has 0 bridgehead atoms. The molecule has 0 spiro atoms. The largest absolute Gasteiger partial charge is 0.456 e. The number of ether oxygens (including phenoxy) is 1. The first-order valence-corrected chi connectivity index (χ1v) is 12.9. The van der Waals surface area contributed by atoms with Crippen LogP contribution in [-0.2, 0) is 0 Å². The summed E-state index contributed by atoms with van der Waals surface area (Å²) >= 11 is 0. The summed E-state index contributed by atoms with van der Waals surface area (Å²) in [5, 5.41) is 1.08. The standard InChI is InChI=1S/C31H21O2.ClHO4/c1-3-11-22(12-4-1)27-19-24-15-7-9-17-28(24)32-31(27)21-25-20-30(23-13-5-2-6-14-23)33-29-18-10-8-16-26(25)29;2-1(3,4)5/h1-21H;(H,2,3,4,5)/q+1;/p-1. The average molecular weight is 525 g/mol. The zero-order valence-corrected chi connectivity index (χ0v) is 20.7. The van der Waals surface area contributed by atoms with Gasteiger partial charge in [-0.1, -0.05) is 91.0 Å². The average Bonchev–Trinajstić information content (AvgIpc) is 2.93. The Morgan fingerprint density at radius 3 is 1.92 bits per heavy atom. The SMILES string of the molecule is C1=C(c2ccccc2)Oc2ccccc2C1=Cc1[o+]c2ccccc2cc1-c1ccccc1.[O-][Cl+3]([O-])([O-])[O-]. The fraction of sp³-hybridized carbons (Fsp3) is 0. The number of allylic oxidation sites excluding steroid dienone is 2. The highest BCUT2D eigenvalue weighted by molar-refractivity contribution is 5.98. The Morgan fingerprint density at radius 2 is 1.21 bits per heavy atom. The van der Waals surface area contributed by atoms with Crippen LogP contribution in [0.5, 0.6) is 5.75 Å².